The van der Waals surface area contributed by atoms with Crippen LogP contribution in [0.5, 0.6) is 0 Å². The zero-order valence-corrected chi connectivity index (χ0v) is 35.5. The lowest BCUT2D eigenvalue weighted by atomic mass is 10.0. The average molecular weight is 869 g/mol. The lowest BCUT2D eigenvalue weighted by Crippen LogP contribution is -2.11. The topological polar surface area (TPSA) is 167 Å². The molecule has 6 rings (SSSR count). The first-order valence-corrected chi connectivity index (χ1v) is 21.0. The molecule has 0 spiro atoms. The van der Waals surface area contributed by atoms with E-state index in [1.54, 1.807) is 122 Å². The molecule has 0 saturated carbocycles. The average Bonchev–Trinajstić information content (AvgIpc) is 3.32. The van der Waals surface area contributed by atoms with Crippen LogP contribution >= 0.6 is 0 Å². The van der Waals surface area contributed by atoms with Crippen molar-refractivity contribution in [2.75, 3.05) is 52.9 Å². The number of benzene rings is 6. The van der Waals surface area contributed by atoms with E-state index in [4.69, 9.17) is 33.2 Å². The van der Waals surface area contributed by atoms with Gasteiger partial charge in [-0.05, 0) is 138 Å². The van der Waals surface area contributed by atoms with E-state index < -0.39 is 35.8 Å². The number of hydrogen-bond acceptors (Lipinski definition) is 13. The first-order chi connectivity index (χ1) is 31.1. The summed E-state index contributed by atoms with van der Waals surface area (Å²) in [4.78, 5) is 75.2. The van der Waals surface area contributed by atoms with Crippen LogP contribution in [0.4, 0.5) is 0 Å². The van der Waals surface area contributed by atoms with E-state index in [1.165, 1.54) is 0 Å². The molecule has 0 aliphatic rings. The van der Waals surface area contributed by atoms with Gasteiger partial charge in [0.25, 0.3) is 0 Å². The van der Waals surface area contributed by atoms with Gasteiger partial charge in [0.1, 0.15) is 6.61 Å². The minimum Gasteiger partial charge on any atom is -0.462 e. The van der Waals surface area contributed by atoms with Gasteiger partial charge in [0.2, 0.25) is 0 Å². The van der Waals surface area contributed by atoms with Gasteiger partial charge in [-0.3, -0.25) is 0 Å². The highest BCUT2D eigenvalue weighted by molar-refractivity contribution is 6.01. The van der Waals surface area contributed by atoms with Crippen molar-refractivity contribution in [2.45, 2.75) is 32.6 Å². The van der Waals surface area contributed by atoms with Gasteiger partial charge in [-0.2, -0.15) is 0 Å². The van der Waals surface area contributed by atoms with Crippen LogP contribution in [0.15, 0.2) is 122 Å². The summed E-state index contributed by atoms with van der Waals surface area (Å²) < 4.78 is 37.2. The van der Waals surface area contributed by atoms with Gasteiger partial charge in [-0.15, -0.1) is 6.58 Å². The molecular formula is C51H48O13. The lowest BCUT2D eigenvalue weighted by Gasteiger charge is -2.09. The van der Waals surface area contributed by atoms with Crippen LogP contribution in [0.1, 0.15) is 94.8 Å². The molecule has 0 atom stereocenters. The van der Waals surface area contributed by atoms with E-state index in [0.717, 1.165) is 32.3 Å². The highest BCUT2D eigenvalue weighted by Crippen LogP contribution is 2.22. The van der Waals surface area contributed by atoms with E-state index in [2.05, 4.69) is 6.58 Å². The van der Waals surface area contributed by atoms with Crippen molar-refractivity contribution in [2.24, 2.45) is 0 Å². The Morgan fingerprint density at radius 2 is 0.625 bits per heavy atom. The van der Waals surface area contributed by atoms with E-state index in [1.807, 2.05) is 0 Å². The van der Waals surface area contributed by atoms with E-state index in [0.29, 0.717) is 65.7 Å². The van der Waals surface area contributed by atoms with Gasteiger partial charge in [0.15, 0.2) is 0 Å². The second-order valence-electron chi connectivity index (χ2n) is 14.5. The predicted octanol–water partition coefficient (Wildman–Crippen LogP) is 9.27. The summed E-state index contributed by atoms with van der Waals surface area (Å²) in [7, 11) is 0. The number of hydrogen-bond donors (Lipinski definition) is 0. The predicted molar refractivity (Wildman–Crippen MR) is 239 cm³/mol. The Kier molecular flexibility index (Phi) is 16.7. The van der Waals surface area contributed by atoms with Crippen LogP contribution in [-0.4, -0.2) is 88.7 Å². The number of ether oxygens (including phenoxy) is 7. The Hall–Kier alpha value is -7.38. The molecular weight excluding hydrogens is 821 g/mol. The van der Waals surface area contributed by atoms with Crippen molar-refractivity contribution in [3.05, 3.63) is 155 Å². The third kappa shape index (κ3) is 12.8. The van der Waals surface area contributed by atoms with Crippen molar-refractivity contribution in [1.29, 1.82) is 0 Å². The molecule has 0 fully saturated rings. The number of unbranched alkanes of at least 4 members (excludes halogenated alkanes) is 2. The van der Waals surface area contributed by atoms with Gasteiger partial charge in [0.05, 0.1) is 79.6 Å². The van der Waals surface area contributed by atoms with Gasteiger partial charge in [-0.25, -0.2) is 28.8 Å². The first-order valence-electron chi connectivity index (χ1n) is 21.0. The second kappa shape index (κ2) is 23.2. The van der Waals surface area contributed by atoms with Crippen molar-refractivity contribution in [3.8, 4) is 0 Å². The van der Waals surface area contributed by atoms with Crippen LogP contribution in [0.3, 0.4) is 0 Å². The van der Waals surface area contributed by atoms with Crippen LogP contribution in [0.2, 0.25) is 0 Å². The summed E-state index contributed by atoms with van der Waals surface area (Å²) in [5.41, 5.74) is 2.30. The molecule has 0 bridgehead atoms. The monoisotopic (exact) mass is 868 g/mol. The number of fused-ring (bicyclic) bond motifs is 3. The third-order valence-electron chi connectivity index (χ3n) is 9.92. The summed E-state index contributed by atoms with van der Waals surface area (Å²) in [6.45, 7) is 6.94. The highest BCUT2D eigenvalue weighted by Gasteiger charge is 2.15. The van der Waals surface area contributed by atoms with Crippen molar-refractivity contribution in [3.63, 3.8) is 0 Å². The summed E-state index contributed by atoms with van der Waals surface area (Å²) >= 11 is 0. The maximum Gasteiger partial charge on any atom is 0.338 e. The number of carbonyl (C=O) groups is 6. The zero-order chi connectivity index (χ0) is 45.3. The molecule has 6 aromatic carbocycles. The summed E-state index contributed by atoms with van der Waals surface area (Å²) in [6.07, 6.45) is 3.56. The molecule has 0 N–H and O–H groups in total. The minimum atomic E-state index is -0.499. The number of esters is 6. The molecule has 13 nitrogen and oxygen atoms in total. The van der Waals surface area contributed by atoms with Gasteiger partial charge in [-0.1, -0.05) is 42.5 Å². The zero-order valence-electron chi connectivity index (χ0n) is 35.5. The molecule has 0 aliphatic heterocycles. The maximum absolute atomic E-state index is 12.8. The Bertz CT molecular complexity index is 2670. The van der Waals surface area contributed by atoms with E-state index >= 15 is 0 Å². The molecule has 64 heavy (non-hydrogen) atoms. The number of rotatable bonds is 22. The Morgan fingerprint density at radius 3 is 0.875 bits per heavy atom. The van der Waals surface area contributed by atoms with Crippen LogP contribution in [-0.2, 0) is 33.2 Å². The van der Waals surface area contributed by atoms with Gasteiger partial charge >= 0.3 is 35.8 Å². The van der Waals surface area contributed by atoms with Gasteiger partial charge in [0, 0.05) is 0 Å². The normalized spacial score (nSPS) is 10.9. The molecule has 13 heteroatoms. The molecule has 6 aromatic rings. The Balaban J connectivity index is 0.855. The maximum atomic E-state index is 12.8. The summed E-state index contributed by atoms with van der Waals surface area (Å²) in [6, 6.07) is 30.5. The Morgan fingerprint density at radius 1 is 0.375 bits per heavy atom. The number of carbonyl (C=O) groups excluding carboxylic acids is 6. The first kappa shape index (κ1) is 46.1. The fraction of sp³-hybridized carbons (Fsp3) is 0.255. The van der Waals surface area contributed by atoms with Crippen molar-refractivity contribution >= 4 is 68.1 Å². The molecule has 330 valence electrons. The summed E-state index contributed by atoms with van der Waals surface area (Å²) in [5.74, 6) is -2.82. The van der Waals surface area contributed by atoms with Crippen molar-refractivity contribution < 1.29 is 61.9 Å². The SMILES string of the molecule is C=CCOCCOC(=O)c1ccc2cc(C(=O)OCCCCOC(=O)c3ccc4cc(C(=O)OCCCCOC(=O)c5ccc6cc(C(=O)OCC)ccc6c5)ccc4c3)ccc2c1. The van der Waals surface area contributed by atoms with Crippen LogP contribution in [0.25, 0.3) is 32.3 Å². The minimum absolute atomic E-state index is 0.127. The molecule has 0 unspecified atom stereocenters. The lowest BCUT2D eigenvalue weighted by molar-refractivity contribution is 0.0353. The Labute approximate surface area is 369 Å². The molecule has 0 heterocycles. The smallest absolute Gasteiger partial charge is 0.338 e. The molecule has 0 aromatic heterocycles. The van der Waals surface area contributed by atoms with Crippen molar-refractivity contribution in [1.82, 2.24) is 0 Å². The quantitative estimate of drug-likeness (QED) is 0.0274. The molecule has 0 amide bonds. The molecule has 0 radical (unpaired) electrons. The van der Waals surface area contributed by atoms with Crippen LogP contribution in [0, 0.1) is 0 Å². The summed E-state index contributed by atoms with van der Waals surface area (Å²) in [5, 5.41) is 4.60. The third-order valence-corrected chi connectivity index (χ3v) is 9.92. The van der Waals surface area contributed by atoms with E-state index in [9.17, 15) is 28.8 Å². The largest absolute Gasteiger partial charge is 0.462 e. The fourth-order valence-electron chi connectivity index (χ4n) is 6.56. The molecule has 0 saturated heterocycles. The fourth-order valence-corrected chi connectivity index (χ4v) is 6.56. The van der Waals surface area contributed by atoms with E-state index in [-0.39, 0.29) is 46.2 Å². The van der Waals surface area contributed by atoms with Crippen LogP contribution < -0.4 is 0 Å². The highest BCUT2D eigenvalue weighted by atomic mass is 16.6. The standard InChI is InChI=1S/C51H48O13/c1-3-21-58-26-27-64-51(57)45-20-14-38-32-44(19-13-39(38)33-45)50(56)63-25-8-7-24-62-49(55)43-18-12-36-30-42(17-11-37(36)31-43)48(54)61-23-6-5-22-60-47(53)41-16-10-34-28-40(46(52)59-4-2)15-9-35(34)29-41/h3,9-20,28-33H,1,4-8,21-27H2,2H3. The second-order valence-corrected chi connectivity index (χ2v) is 14.5. The molecule has 0 aliphatic carbocycles. The van der Waals surface area contributed by atoms with Gasteiger partial charge < -0.3 is 33.2 Å².